The van der Waals surface area contributed by atoms with Crippen molar-refractivity contribution in [1.29, 1.82) is 0 Å². The molecule has 2 nitrogen and oxygen atoms in total. The van der Waals surface area contributed by atoms with Crippen molar-refractivity contribution in [2.24, 2.45) is 17.8 Å². The summed E-state index contributed by atoms with van der Waals surface area (Å²) in [6.07, 6.45) is 7.13. The van der Waals surface area contributed by atoms with E-state index in [9.17, 15) is 0 Å². The van der Waals surface area contributed by atoms with E-state index in [1.807, 2.05) is 0 Å². The lowest BCUT2D eigenvalue weighted by atomic mass is 9.88. The Bertz CT molecular complexity index is 201. The molecule has 2 aliphatic heterocycles. The molecule has 0 unspecified atom stereocenters. The number of rotatable bonds is 4. The molecule has 0 aromatic heterocycles. The number of nitrogens with zero attached hydrogens (tertiary/aromatic N) is 1. The highest BCUT2D eigenvalue weighted by Crippen LogP contribution is 2.25. The SMILES string of the molecule is CC(C)CC1CCN(CC2CCNCC2)CC1. The molecule has 2 aliphatic rings. The molecule has 0 aromatic carbocycles. The van der Waals surface area contributed by atoms with E-state index in [0.29, 0.717) is 0 Å². The van der Waals surface area contributed by atoms with Crippen LogP contribution in [-0.2, 0) is 0 Å². The van der Waals surface area contributed by atoms with Crippen molar-refractivity contribution < 1.29 is 0 Å². The molecule has 2 rings (SSSR count). The van der Waals surface area contributed by atoms with E-state index >= 15 is 0 Å². The predicted molar refractivity (Wildman–Crippen MR) is 74.2 cm³/mol. The van der Waals surface area contributed by atoms with Crippen LogP contribution in [0.1, 0.15) is 46.0 Å². The van der Waals surface area contributed by atoms with Crippen molar-refractivity contribution in [1.82, 2.24) is 10.2 Å². The van der Waals surface area contributed by atoms with E-state index in [0.717, 1.165) is 17.8 Å². The third kappa shape index (κ3) is 4.59. The highest BCUT2D eigenvalue weighted by atomic mass is 15.1. The summed E-state index contributed by atoms with van der Waals surface area (Å²) >= 11 is 0. The van der Waals surface area contributed by atoms with Crippen LogP contribution in [-0.4, -0.2) is 37.6 Å². The number of likely N-dealkylation sites (tertiary alicyclic amines) is 1. The van der Waals surface area contributed by atoms with Crippen molar-refractivity contribution in [3.63, 3.8) is 0 Å². The average Bonchev–Trinajstić information content (AvgIpc) is 2.32. The van der Waals surface area contributed by atoms with Crippen LogP contribution in [0, 0.1) is 17.8 Å². The zero-order chi connectivity index (χ0) is 12.1. The quantitative estimate of drug-likeness (QED) is 0.810. The van der Waals surface area contributed by atoms with Gasteiger partial charge in [0.25, 0.3) is 0 Å². The van der Waals surface area contributed by atoms with E-state index in [-0.39, 0.29) is 0 Å². The van der Waals surface area contributed by atoms with Gasteiger partial charge in [-0.3, -0.25) is 0 Å². The Morgan fingerprint density at radius 1 is 1.00 bits per heavy atom. The van der Waals surface area contributed by atoms with Gasteiger partial charge in [-0.2, -0.15) is 0 Å². The van der Waals surface area contributed by atoms with Crippen molar-refractivity contribution >= 4 is 0 Å². The first-order chi connectivity index (χ1) is 8.24. The second-order valence-corrected chi connectivity index (χ2v) is 6.57. The summed E-state index contributed by atoms with van der Waals surface area (Å²) in [7, 11) is 0. The number of hydrogen-bond acceptors (Lipinski definition) is 2. The van der Waals surface area contributed by atoms with Gasteiger partial charge in [0.2, 0.25) is 0 Å². The molecular formula is C15H30N2. The summed E-state index contributed by atoms with van der Waals surface area (Å²) in [4.78, 5) is 2.73. The highest BCUT2D eigenvalue weighted by Gasteiger charge is 2.22. The van der Waals surface area contributed by atoms with Crippen molar-refractivity contribution in [2.45, 2.75) is 46.0 Å². The molecular weight excluding hydrogens is 208 g/mol. The monoisotopic (exact) mass is 238 g/mol. The predicted octanol–water partition coefficient (Wildman–Crippen LogP) is 2.74. The third-order valence-corrected chi connectivity index (χ3v) is 4.49. The number of piperidine rings is 2. The van der Waals surface area contributed by atoms with E-state index in [1.165, 1.54) is 64.8 Å². The minimum absolute atomic E-state index is 0.885. The van der Waals surface area contributed by atoms with Gasteiger partial charge in [0.05, 0.1) is 0 Å². The summed E-state index contributed by atoms with van der Waals surface area (Å²) in [5.74, 6) is 2.87. The topological polar surface area (TPSA) is 15.3 Å². The van der Waals surface area contributed by atoms with Crippen LogP contribution in [0.4, 0.5) is 0 Å². The number of hydrogen-bond donors (Lipinski definition) is 1. The van der Waals surface area contributed by atoms with Gasteiger partial charge in [0.1, 0.15) is 0 Å². The lowest BCUT2D eigenvalue weighted by Crippen LogP contribution is -2.40. The Morgan fingerprint density at radius 3 is 2.24 bits per heavy atom. The normalized spacial score (nSPS) is 25.6. The summed E-state index contributed by atoms with van der Waals surface area (Å²) in [5.41, 5.74) is 0. The van der Waals surface area contributed by atoms with E-state index in [2.05, 4.69) is 24.1 Å². The van der Waals surface area contributed by atoms with Crippen LogP contribution in [0.2, 0.25) is 0 Å². The van der Waals surface area contributed by atoms with Gasteiger partial charge in [0.15, 0.2) is 0 Å². The molecule has 2 fully saturated rings. The molecule has 0 aliphatic carbocycles. The zero-order valence-electron chi connectivity index (χ0n) is 11.8. The summed E-state index contributed by atoms with van der Waals surface area (Å²) in [6, 6.07) is 0. The fourth-order valence-electron chi connectivity index (χ4n) is 3.50. The van der Waals surface area contributed by atoms with Gasteiger partial charge in [-0.25, -0.2) is 0 Å². The maximum atomic E-state index is 3.46. The van der Waals surface area contributed by atoms with Gasteiger partial charge in [0, 0.05) is 6.54 Å². The highest BCUT2D eigenvalue weighted by molar-refractivity contribution is 4.77. The van der Waals surface area contributed by atoms with Gasteiger partial charge >= 0.3 is 0 Å². The lowest BCUT2D eigenvalue weighted by Gasteiger charge is -2.36. The molecule has 0 aromatic rings. The Hall–Kier alpha value is -0.0800. The van der Waals surface area contributed by atoms with Gasteiger partial charge in [-0.15, -0.1) is 0 Å². The maximum Gasteiger partial charge on any atom is 0.00106 e. The molecule has 0 spiro atoms. The van der Waals surface area contributed by atoms with Crippen molar-refractivity contribution in [3.05, 3.63) is 0 Å². The number of nitrogens with one attached hydrogen (secondary N) is 1. The van der Waals surface area contributed by atoms with Crippen LogP contribution in [0.15, 0.2) is 0 Å². The fourth-order valence-corrected chi connectivity index (χ4v) is 3.50. The molecule has 0 atom stereocenters. The van der Waals surface area contributed by atoms with Crippen LogP contribution in [0.3, 0.4) is 0 Å². The fraction of sp³-hybridized carbons (Fsp3) is 1.00. The van der Waals surface area contributed by atoms with E-state index in [4.69, 9.17) is 0 Å². The lowest BCUT2D eigenvalue weighted by molar-refractivity contribution is 0.139. The molecule has 0 amide bonds. The van der Waals surface area contributed by atoms with Crippen molar-refractivity contribution in [2.75, 3.05) is 32.7 Å². The zero-order valence-corrected chi connectivity index (χ0v) is 11.8. The van der Waals surface area contributed by atoms with Gasteiger partial charge < -0.3 is 10.2 Å². The summed E-state index contributed by atoms with van der Waals surface area (Å²) < 4.78 is 0. The second-order valence-electron chi connectivity index (χ2n) is 6.57. The smallest absolute Gasteiger partial charge is 0.00106 e. The molecule has 17 heavy (non-hydrogen) atoms. The Balaban J connectivity index is 1.64. The van der Waals surface area contributed by atoms with Crippen LogP contribution in [0.25, 0.3) is 0 Å². The third-order valence-electron chi connectivity index (χ3n) is 4.49. The summed E-state index contributed by atoms with van der Waals surface area (Å²) in [5, 5.41) is 3.46. The first-order valence-electron chi connectivity index (χ1n) is 7.67. The van der Waals surface area contributed by atoms with Crippen LogP contribution < -0.4 is 5.32 Å². The average molecular weight is 238 g/mol. The second kappa shape index (κ2) is 6.75. The minimum atomic E-state index is 0.885. The van der Waals surface area contributed by atoms with Gasteiger partial charge in [-0.1, -0.05) is 13.8 Å². The Labute approximate surface area is 107 Å². The minimum Gasteiger partial charge on any atom is -0.317 e. The Kier molecular flexibility index (Phi) is 5.30. The van der Waals surface area contributed by atoms with Crippen molar-refractivity contribution in [3.8, 4) is 0 Å². The first-order valence-corrected chi connectivity index (χ1v) is 7.67. The van der Waals surface area contributed by atoms with E-state index in [1.54, 1.807) is 0 Å². The molecule has 0 saturated carbocycles. The molecule has 2 heterocycles. The molecule has 2 saturated heterocycles. The molecule has 2 heteroatoms. The van der Waals surface area contributed by atoms with E-state index < -0.39 is 0 Å². The van der Waals surface area contributed by atoms with Crippen LogP contribution in [0.5, 0.6) is 0 Å². The standard InChI is InChI=1S/C15H30N2/c1-13(2)11-14-5-9-17(10-6-14)12-15-3-7-16-8-4-15/h13-16H,3-12H2,1-2H3. The largest absolute Gasteiger partial charge is 0.317 e. The molecule has 0 bridgehead atoms. The maximum absolute atomic E-state index is 3.46. The molecule has 100 valence electrons. The summed E-state index contributed by atoms with van der Waals surface area (Å²) in [6.45, 7) is 11.3. The first kappa shape index (κ1) is 13.4. The molecule has 1 N–H and O–H groups in total. The Morgan fingerprint density at radius 2 is 1.65 bits per heavy atom. The van der Waals surface area contributed by atoms with Crippen LogP contribution >= 0.6 is 0 Å². The molecule has 0 radical (unpaired) electrons. The van der Waals surface area contributed by atoms with Gasteiger partial charge in [-0.05, 0) is 76.0 Å².